The normalized spacial score (nSPS) is 14.6. The molecule has 0 aliphatic carbocycles. The first kappa shape index (κ1) is 18.4. The van der Waals surface area contributed by atoms with Crippen LogP contribution in [-0.2, 0) is 4.79 Å². The number of rotatable bonds is 6. The Hall–Kier alpha value is -3.43. The van der Waals surface area contributed by atoms with Crippen LogP contribution in [0.4, 0.5) is 23.0 Å². The minimum Gasteiger partial charge on any atom is -0.495 e. The van der Waals surface area contributed by atoms with Crippen molar-refractivity contribution in [3.05, 3.63) is 40.7 Å². The number of methoxy groups -OCH3 is 1. The Morgan fingerprint density at radius 1 is 1.33 bits per heavy atom. The number of nitro groups is 1. The Morgan fingerprint density at radius 2 is 2.04 bits per heavy atom. The number of anilines is 3. The molecule has 1 aromatic heterocycles. The molecule has 2 aromatic rings. The third kappa shape index (κ3) is 3.89. The second-order valence-electron chi connectivity index (χ2n) is 6.08. The van der Waals surface area contributed by atoms with Crippen molar-refractivity contribution in [2.75, 3.05) is 30.4 Å². The van der Waals surface area contributed by atoms with Crippen LogP contribution in [0.5, 0.6) is 5.75 Å². The number of piperidine rings is 1. The SMILES string of the molecule is COc1ccccc1Nc1ncnc(N2CCC(C(=O)O)CC2)c1[N+](=O)[O-]. The molecule has 0 saturated carbocycles. The van der Waals surface area contributed by atoms with E-state index in [1.807, 2.05) is 0 Å². The molecule has 0 bridgehead atoms. The summed E-state index contributed by atoms with van der Waals surface area (Å²) in [5.74, 6) is -0.529. The highest BCUT2D eigenvalue weighted by Crippen LogP contribution is 2.37. The molecule has 0 spiro atoms. The van der Waals surface area contributed by atoms with Gasteiger partial charge in [-0.3, -0.25) is 14.9 Å². The maximum Gasteiger partial charge on any atom is 0.353 e. The van der Waals surface area contributed by atoms with Crippen LogP contribution in [0.15, 0.2) is 30.6 Å². The molecular weight excluding hydrogens is 354 g/mol. The second kappa shape index (κ2) is 7.85. The number of aliphatic carboxylic acids is 1. The maximum atomic E-state index is 11.7. The van der Waals surface area contributed by atoms with E-state index in [9.17, 15) is 14.9 Å². The summed E-state index contributed by atoms with van der Waals surface area (Å²) in [6.07, 6.45) is 2.07. The third-order valence-electron chi connectivity index (χ3n) is 4.49. The topological polar surface area (TPSA) is 131 Å². The lowest BCUT2D eigenvalue weighted by molar-refractivity contribution is -0.383. The number of hydrogen-bond donors (Lipinski definition) is 2. The van der Waals surface area contributed by atoms with Crippen LogP contribution in [0.2, 0.25) is 0 Å². The van der Waals surface area contributed by atoms with Gasteiger partial charge in [0.25, 0.3) is 0 Å². The van der Waals surface area contributed by atoms with Gasteiger partial charge < -0.3 is 20.1 Å². The lowest BCUT2D eigenvalue weighted by Gasteiger charge is -2.30. The Bertz CT molecular complexity index is 851. The van der Waals surface area contributed by atoms with E-state index in [0.29, 0.717) is 37.4 Å². The number of ether oxygens (including phenoxy) is 1. The van der Waals surface area contributed by atoms with Gasteiger partial charge in [0.05, 0.1) is 23.6 Å². The van der Waals surface area contributed by atoms with Crippen LogP contribution in [0, 0.1) is 16.0 Å². The van der Waals surface area contributed by atoms with Crippen molar-refractivity contribution in [3.8, 4) is 5.75 Å². The van der Waals surface area contributed by atoms with Gasteiger partial charge >= 0.3 is 11.7 Å². The fourth-order valence-electron chi connectivity index (χ4n) is 3.07. The van der Waals surface area contributed by atoms with Crippen molar-refractivity contribution >= 4 is 29.0 Å². The zero-order valence-corrected chi connectivity index (χ0v) is 14.7. The van der Waals surface area contributed by atoms with E-state index in [4.69, 9.17) is 9.84 Å². The average Bonchev–Trinajstić information content (AvgIpc) is 2.68. The van der Waals surface area contributed by atoms with E-state index in [1.54, 1.807) is 29.2 Å². The molecule has 27 heavy (non-hydrogen) atoms. The minimum atomic E-state index is -0.842. The molecule has 0 unspecified atom stereocenters. The Balaban J connectivity index is 1.92. The van der Waals surface area contributed by atoms with E-state index in [-0.39, 0.29) is 17.3 Å². The summed E-state index contributed by atoms with van der Waals surface area (Å²) in [7, 11) is 1.51. The Morgan fingerprint density at radius 3 is 2.67 bits per heavy atom. The molecule has 1 aliphatic heterocycles. The third-order valence-corrected chi connectivity index (χ3v) is 4.49. The van der Waals surface area contributed by atoms with Crippen molar-refractivity contribution in [3.63, 3.8) is 0 Å². The summed E-state index contributed by atoms with van der Waals surface area (Å²) < 4.78 is 5.26. The number of nitrogens with one attached hydrogen (secondary N) is 1. The number of para-hydroxylation sites is 2. The first-order valence-corrected chi connectivity index (χ1v) is 8.38. The van der Waals surface area contributed by atoms with Gasteiger partial charge in [-0.1, -0.05) is 12.1 Å². The van der Waals surface area contributed by atoms with E-state index in [1.165, 1.54) is 13.4 Å². The molecule has 10 heteroatoms. The highest BCUT2D eigenvalue weighted by Gasteiger charge is 2.31. The summed E-state index contributed by atoms with van der Waals surface area (Å²) in [4.78, 5) is 32.2. The fraction of sp³-hybridized carbons (Fsp3) is 0.353. The molecule has 1 saturated heterocycles. The lowest BCUT2D eigenvalue weighted by Crippen LogP contribution is -2.37. The first-order chi connectivity index (χ1) is 13.0. The summed E-state index contributed by atoms with van der Waals surface area (Å²) in [5, 5.41) is 23.8. The predicted molar refractivity (Wildman–Crippen MR) is 97.5 cm³/mol. The first-order valence-electron chi connectivity index (χ1n) is 8.38. The molecular formula is C17H19N5O5. The number of hydrogen-bond acceptors (Lipinski definition) is 8. The van der Waals surface area contributed by atoms with Crippen molar-refractivity contribution in [2.24, 2.45) is 5.92 Å². The van der Waals surface area contributed by atoms with Gasteiger partial charge in [-0.2, -0.15) is 0 Å². The van der Waals surface area contributed by atoms with Gasteiger partial charge in [-0.25, -0.2) is 9.97 Å². The Kier molecular flexibility index (Phi) is 5.34. The molecule has 0 amide bonds. The molecule has 2 heterocycles. The van der Waals surface area contributed by atoms with Crippen LogP contribution < -0.4 is 15.0 Å². The predicted octanol–water partition coefficient (Wildman–Crippen LogP) is 2.44. The lowest BCUT2D eigenvalue weighted by atomic mass is 9.97. The number of aromatic nitrogens is 2. The molecule has 1 fully saturated rings. The monoisotopic (exact) mass is 373 g/mol. The number of carbonyl (C=O) groups is 1. The van der Waals surface area contributed by atoms with Crippen LogP contribution in [0.25, 0.3) is 0 Å². The summed E-state index contributed by atoms with van der Waals surface area (Å²) in [5.41, 5.74) is 0.287. The molecule has 2 N–H and O–H groups in total. The number of benzene rings is 1. The molecule has 142 valence electrons. The minimum absolute atomic E-state index is 0.0508. The second-order valence-corrected chi connectivity index (χ2v) is 6.08. The molecule has 3 rings (SSSR count). The van der Waals surface area contributed by atoms with E-state index < -0.39 is 16.8 Å². The molecule has 1 aromatic carbocycles. The Labute approximate surface area is 155 Å². The van der Waals surface area contributed by atoms with Gasteiger partial charge in [-0.05, 0) is 25.0 Å². The smallest absolute Gasteiger partial charge is 0.353 e. The highest BCUT2D eigenvalue weighted by molar-refractivity contribution is 5.77. The van der Waals surface area contributed by atoms with Crippen LogP contribution in [0.3, 0.4) is 0 Å². The van der Waals surface area contributed by atoms with Crippen LogP contribution in [0.1, 0.15) is 12.8 Å². The van der Waals surface area contributed by atoms with Crippen molar-refractivity contribution in [2.45, 2.75) is 12.8 Å². The van der Waals surface area contributed by atoms with Gasteiger partial charge in [0.15, 0.2) is 0 Å². The van der Waals surface area contributed by atoms with Crippen molar-refractivity contribution in [1.82, 2.24) is 9.97 Å². The van der Waals surface area contributed by atoms with E-state index >= 15 is 0 Å². The van der Waals surface area contributed by atoms with Gasteiger partial charge in [0.2, 0.25) is 11.6 Å². The van der Waals surface area contributed by atoms with Crippen LogP contribution >= 0.6 is 0 Å². The van der Waals surface area contributed by atoms with Crippen LogP contribution in [-0.4, -0.2) is 46.2 Å². The number of nitrogens with zero attached hydrogens (tertiary/aromatic N) is 4. The summed E-state index contributed by atoms with van der Waals surface area (Å²) >= 11 is 0. The average molecular weight is 373 g/mol. The molecule has 0 radical (unpaired) electrons. The van der Waals surface area contributed by atoms with E-state index in [2.05, 4.69) is 15.3 Å². The zero-order valence-electron chi connectivity index (χ0n) is 14.7. The standard InChI is InChI=1S/C17H19N5O5/c1-27-13-5-3-2-4-12(13)20-15-14(22(25)26)16(19-10-18-15)21-8-6-11(7-9-21)17(23)24/h2-5,10-11H,6-9H2,1H3,(H,23,24)(H,18,19,20). The van der Waals surface area contributed by atoms with Gasteiger partial charge in [0.1, 0.15) is 12.1 Å². The van der Waals surface area contributed by atoms with E-state index in [0.717, 1.165) is 0 Å². The molecule has 1 aliphatic rings. The van der Waals surface area contributed by atoms with Crippen molar-refractivity contribution < 1.29 is 19.6 Å². The molecule has 10 nitrogen and oxygen atoms in total. The molecule has 0 atom stereocenters. The number of carboxylic acid groups (broad SMARTS) is 1. The quantitative estimate of drug-likeness (QED) is 0.579. The van der Waals surface area contributed by atoms with Gasteiger partial charge in [0, 0.05) is 13.1 Å². The number of carboxylic acids is 1. The highest BCUT2D eigenvalue weighted by atomic mass is 16.6. The zero-order chi connectivity index (χ0) is 19.4. The van der Waals surface area contributed by atoms with Gasteiger partial charge in [-0.15, -0.1) is 0 Å². The largest absolute Gasteiger partial charge is 0.495 e. The fourth-order valence-corrected chi connectivity index (χ4v) is 3.07. The van der Waals surface area contributed by atoms with Crippen molar-refractivity contribution in [1.29, 1.82) is 0 Å². The summed E-state index contributed by atoms with van der Waals surface area (Å²) in [6.45, 7) is 0.756. The summed E-state index contributed by atoms with van der Waals surface area (Å²) in [6, 6.07) is 7.02. The maximum absolute atomic E-state index is 11.7.